The molecule has 2 N–H and O–H groups in total. The van der Waals surface area contributed by atoms with Crippen LogP contribution in [0.1, 0.15) is 35.8 Å². The molecule has 5 nitrogen and oxygen atoms in total. The van der Waals surface area contributed by atoms with E-state index in [0.29, 0.717) is 0 Å². The van der Waals surface area contributed by atoms with Crippen LogP contribution in [0.4, 0.5) is 0 Å². The molecule has 0 bridgehead atoms. The first-order valence-corrected chi connectivity index (χ1v) is 6.82. The largest absolute Gasteiger partial charge is 0.493 e. The molecule has 2 aromatic heterocycles. The van der Waals surface area contributed by atoms with Gasteiger partial charge in [-0.3, -0.25) is 4.68 Å². The smallest absolute Gasteiger partial charge is 0.161 e. The maximum Gasteiger partial charge on any atom is 0.161 e. The van der Waals surface area contributed by atoms with Crippen LogP contribution in [0.15, 0.2) is 11.6 Å². The zero-order valence-electron chi connectivity index (χ0n) is 10.9. The summed E-state index contributed by atoms with van der Waals surface area (Å²) in [5, 5.41) is 7.32. The third kappa shape index (κ3) is 2.39. The van der Waals surface area contributed by atoms with Crippen LogP contribution in [0.5, 0.6) is 5.75 Å². The summed E-state index contributed by atoms with van der Waals surface area (Å²) in [6.07, 6.45) is 2.71. The number of nitrogens with zero attached hydrogens (tertiary/aromatic N) is 3. The lowest BCUT2D eigenvalue weighted by Crippen LogP contribution is -2.18. The van der Waals surface area contributed by atoms with Gasteiger partial charge < -0.3 is 10.5 Å². The van der Waals surface area contributed by atoms with E-state index in [1.54, 1.807) is 24.6 Å². The number of thiazole rings is 1. The SMILES string of the molecule is CCCn1ncc(OC)c1C(N)c1csc(C)n1. The van der Waals surface area contributed by atoms with Crippen LogP contribution in [-0.4, -0.2) is 21.9 Å². The Balaban J connectivity index is 2.38. The van der Waals surface area contributed by atoms with Crippen LogP contribution in [0, 0.1) is 6.92 Å². The predicted molar refractivity (Wildman–Crippen MR) is 72.0 cm³/mol. The third-order valence-electron chi connectivity index (χ3n) is 2.75. The topological polar surface area (TPSA) is 66.0 Å². The molecular formula is C12H18N4OS. The summed E-state index contributed by atoms with van der Waals surface area (Å²) in [6, 6.07) is -0.293. The Labute approximate surface area is 111 Å². The number of aromatic nitrogens is 3. The number of methoxy groups -OCH3 is 1. The molecule has 1 atom stereocenters. The van der Waals surface area contributed by atoms with Crippen molar-refractivity contribution in [2.45, 2.75) is 32.9 Å². The van der Waals surface area contributed by atoms with Gasteiger partial charge in [-0.25, -0.2) is 4.98 Å². The van der Waals surface area contributed by atoms with Crippen molar-refractivity contribution in [3.8, 4) is 5.75 Å². The summed E-state index contributed by atoms with van der Waals surface area (Å²) < 4.78 is 7.24. The van der Waals surface area contributed by atoms with Crippen LogP contribution in [0.25, 0.3) is 0 Å². The normalized spacial score (nSPS) is 12.7. The number of aryl methyl sites for hydroxylation is 2. The minimum absolute atomic E-state index is 0.293. The molecule has 0 aromatic carbocycles. The highest BCUT2D eigenvalue weighted by molar-refractivity contribution is 7.09. The molecule has 2 aromatic rings. The fourth-order valence-electron chi connectivity index (χ4n) is 1.90. The van der Waals surface area contributed by atoms with Crippen LogP contribution >= 0.6 is 11.3 Å². The van der Waals surface area contributed by atoms with Crippen molar-refractivity contribution in [1.82, 2.24) is 14.8 Å². The molecule has 98 valence electrons. The molecule has 0 aliphatic rings. The summed E-state index contributed by atoms with van der Waals surface area (Å²) >= 11 is 1.60. The van der Waals surface area contributed by atoms with Crippen LogP contribution in [0.2, 0.25) is 0 Å². The minimum atomic E-state index is -0.293. The van der Waals surface area contributed by atoms with Crippen molar-refractivity contribution in [2.75, 3.05) is 7.11 Å². The lowest BCUT2D eigenvalue weighted by Gasteiger charge is -2.13. The average molecular weight is 266 g/mol. The number of rotatable bonds is 5. The van der Waals surface area contributed by atoms with E-state index in [1.165, 1.54) is 0 Å². The average Bonchev–Trinajstić information content (AvgIpc) is 2.95. The van der Waals surface area contributed by atoms with Gasteiger partial charge in [-0.1, -0.05) is 6.92 Å². The van der Waals surface area contributed by atoms with Gasteiger partial charge in [0, 0.05) is 11.9 Å². The Hall–Kier alpha value is -1.40. The molecular weight excluding hydrogens is 248 g/mol. The van der Waals surface area contributed by atoms with E-state index < -0.39 is 0 Å². The lowest BCUT2D eigenvalue weighted by atomic mass is 10.1. The fraction of sp³-hybridized carbons (Fsp3) is 0.500. The van der Waals surface area contributed by atoms with Gasteiger partial charge in [0.25, 0.3) is 0 Å². The molecule has 0 spiro atoms. The molecule has 0 radical (unpaired) electrons. The monoisotopic (exact) mass is 266 g/mol. The van der Waals surface area contributed by atoms with Crippen LogP contribution < -0.4 is 10.5 Å². The highest BCUT2D eigenvalue weighted by Gasteiger charge is 2.21. The molecule has 0 fully saturated rings. The second-order valence-electron chi connectivity index (χ2n) is 4.09. The fourth-order valence-corrected chi connectivity index (χ4v) is 2.55. The second-order valence-corrected chi connectivity index (χ2v) is 5.15. The van der Waals surface area contributed by atoms with E-state index in [2.05, 4.69) is 17.0 Å². The zero-order valence-corrected chi connectivity index (χ0v) is 11.7. The Kier molecular flexibility index (Phi) is 3.98. The van der Waals surface area contributed by atoms with Crippen molar-refractivity contribution in [3.05, 3.63) is 28.0 Å². The first kappa shape index (κ1) is 13.0. The molecule has 0 amide bonds. The number of hydrogen-bond acceptors (Lipinski definition) is 5. The van der Waals surface area contributed by atoms with Crippen molar-refractivity contribution in [1.29, 1.82) is 0 Å². The predicted octanol–water partition coefficient (Wildman–Crippen LogP) is 2.11. The maximum atomic E-state index is 6.28. The van der Waals surface area contributed by atoms with Crippen molar-refractivity contribution in [3.63, 3.8) is 0 Å². The van der Waals surface area contributed by atoms with Gasteiger partial charge in [-0.05, 0) is 13.3 Å². The number of nitrogens with two attached hydrogens (primary N) is 1. The first-order chi connectivity index (χ1) is 8.67. The summed E-state index contributed by atoms with van der Waals surface area (Å²) in [5.74, 6) is 0.724. The standard InChI is InChI=1S/C12H18N4OS/c1-4-5-16-12(10(17-3)6-14-16)11(13)9-7-18-8(2)15-9/h6-7,11H,4-5,13H2,1-3H3. The van der Waals surface area contributed by atoms with E-state index in [1.807, 2.05) is 17.0 Å². The van der Waals surface area contributed by atoms with Crippen LogP contribution in [0.3, 0.4) is 0 Å². The second kappa shape index (κ2) is 5.49. The molecule has 0 aliphatic carbocycles. The summed E-state index contributed by atoms with van der Waals surface area (Å²) in [5.41, 5.74) is 8.05. The molecule has 0 saturated carbocycles. The van der Waals surface area contributed by atoms with E-state index in [4.69, 9.17) is 10.5 Å². The quantitative estimate of drug-likeness (QED) is 0.900. The third-order valence-corrected chi connectivity index (χ3v) is 3.54. The number of hydrogen-bond donors (Lipinski definition) is 1. The van der Waals surface area contributed by atoms with Gasteiger partial charge >= 0.3 is 0 Å². The van der Waals surface area contributed by atoms with E-state index in [-0.39, 0.29) is 6.04 Å². The maximum absolute atomic E-state index is 6.28. The molecule has 1 unspecified atom stereocenters. The Morgan fingerprint density at radius 1 is 1.56 bits per heavy atom. The summed E-state index contributed by atoms with van der Waals surface area (Å²) in [6.45, 7) is 4.91. The van der Waals surface area contributed by atoms with Gasteiger partial charge in [0.2, 0.25) is 0 Å². The molecule has 2 rings (SSSR count). The van der Waals surface area contributed by atoms with E-state index in [0.717, 1.165) is 35.1 Å². The minimum Gasteiger partial charge on any atom is -0.493 e. The Bertz CT molecular complexity index is 520. The van der Waals surface area contributed by atoms with Gasteiger partial charge in [0.15, 0.2) is 5.75 Å². The molecule has 0 aliphatic heterocycles. The molecule has 6 heteroatoms. The Morgan fingerprint density at radius 2 is 2.33 bits per heavy atom. The Morgan fingerprint density at radius 3 is 2.89 bits per heavy atom. The lowest BCUT2D eigenvalue weighted by molar-refractivity contribution is 0.403. The van der Waals surface area contributed by atoms with E-state index >= 15 is 0 Å². The summed E-state index contributed by atoms with van der Waals surface area (Å²) in [4.78, 5) is 4.44. The highest BCUT2D eigenvalue weighted by Crippen LogP contribution is 2.28. The van der Waals surface area contributed by atoms with Crippen molar-refractivity contribution >= 4 is 11.3 Å². The van der Waals surface area contributed by atoms with Crippen molar-refractivity contribution in [2.24, 2.45) is 5.73 Å². The highest BCUT2D eigenvalue weighted by atomic mass is 32.1. The van der Waals surface area contributed by atoms with Gasteiger partial charge in [-0.15, -0.1) is 11.3 Å². The van der Waals surface area contributed by atoms with Gasteiger partial charge in [-0.2, -0.15) is 5.10 Å². The molecule has 0 saturated heterocycles. The zero-order chi connectivity index (χ0) is 13.1. The number of ether oxygens (including phenoxy) is 1. The van der Waals surface area contributed by atoms with Crippen LogP contribution in [-0.2, 0) is 6.54 Å². The van der Waals surface area contributed by atoms with Gasteiger partial charge in [0.1, 0.15) is 5.69 Å². The van der Waals surface area contributed by atoms with Crippen molar-refractivity contribution < 1.29 is 4.74 Å². The van der Waals surface area contributed by atoms with Gasteiger partial charge in [0.05, 0.1) is 30.1 Å². The summed E-state index contributed by atoms with van der Waals surface area (Å²) in [7, 11) is 1.63. The molecule has 2 heterocycles. The van der Waals surface area contributed by atoms with E-state index in [9.17, 15) is 0 Å². The molecule has 18 heavy (non-hydrogen) atoms. The first-order valence-electron chi connectivity index (χ1n) is 5.94.